The Hall–Kier alpha value is -4.18. The highest BCUT2D eigenvalue weighted by atomic mass is 35.5. The minimum Gasteiger partial charge on any atom is -0.405 e. The van der Waals surface area contributed by atoms with Crippen molar-refractivity contribution in [3.8, 4) is 17.1 Å². The van der Waals surface area contributed by atoms with Crippen molar-refractivity contribution in [2.45, 2.75) is 25.9 Å². The Kier molecular flexibility index (Phi) is 7.15. The molecule has 2 heterocycles. The summed E-state index contributed by atoms with van der Waals surface area (Å²) in [5.74, 6) is 0.213. The number of hydrogen-bond acceptors (Lipinski definition) is 6. The van der Waals surface area contributed by atoms with Gasteiger partial charge in [0.2, 0.25) is 11.2 Å². The summed E-state index contributed by atoms with van der Waals surface area (Å²) < 4.78 is 42.1. The van der Waals surface area contributed by atoms with Crippen LogP contribution in [-0.2, 0) is 19.5 Å². The predicted molar refractivity (Wildman–Crippen MR) is 136 cm³/mol. The minimum absolute atomic E-state index is 0.105. The second-order valence-electron chi connectivity index (χ2n) is 8.59. The molecule has 3 aromatic carbocycles. The fourth-order valence-corrected chi connectivity index (χ4v) is 4.37. The SMILES string of the molecule is O=C(NCc1ccccc1OC(F)(F)F)c1ccc2c(c1)CCN(c1nc(Cl)nc(-c3ccccc3)n1)C2. The van der Waals surface area contributed by atoms with E-state index >= 15 is 0 Å². The van der Waals surface area contributed by atoms with Gasteiger partial charge in [-0.25, -0.2) is 0 Å². The first-order chi connectivity index (χ1) is 18.2. The predicted octanol–water partition coefficient (Wildman–Crippen LogP) is 5.58. The number of rotatable bonds is 6. The Morgan fingerprint density at radius 1 is 0.974 bits per heavy atom. The second-order valence-corrected chi connectivity index (χ2v) is 8.93. The first-order valence-corrected chi connectivity index (χ1v) is 12.1. The van der Waals surface area contributed by atoms with Gasteiger partial charge in [-0.3, -0.25) is 4.79 Å². The summed E-state index contributed by atoms with van der Waals surface area (Å²) >= 11 is 6.19. The van der Waals surface area contributed by atoms with E-state index < -0.39 is 12.3 Å². The Morgan fingerprint density at radius 2 is 1.74 bits per heavy atom. The lowest BCUT2D eigenvalue weighted by Crippen LogP contribution is -2.32. The van der Waals surface area contributed by atoms with Gasteiger partial charge in [0, 0.05) is 36.3 Å². The van der Waals surface area contributed by atoms with Crippen LogP contribution in [0.5, 0.6) is 5.75 Å². The van der Waals surface area contributed by atoms with Crippen molar-refractivity contribution in [2.75, 3.05) is 11.4 Å². The van der Waals surface area contributed by atoms with Crippen molar-refractivity contribution in [3.63, 3.8) is 0 Å². The number of carbonyl (C=O) groups is 1. The third-order valence-corrected chi connectivity index (χ3v) is 6.20. The van der Waals surface area contributed by atoms with Crippen LogP contribution in [0.1, 0.15) is 27.0 Å². The van der Waals surface area contributed by atoms with Crippen LogP contribution in [0.3, 0.4) is 0 Å². The standard InChI is InChI=1S/C27H21ClF3N5O2/c28-25-33-23(17-6-2-1-3-7-17)34-26(35-25)36-13-12-18-14-19(10-11-21(18)16-36)24(37)32-15-20-8-4-5-9-22(20)38-27(29,30)31/h1-11,14H,12-13,15-16H2,(H,32,37). The summed E-state index contributed by atoms with van der Waals surface area (Å²) in [6, 6.07) is 20.5. The number of hydrogen-bond donors (Lipinski definition) is 1. The molecule has 1 amide bonds. The van der Waals surface area contributed by atoms with Crippen LogP contribution < -0.4 is 15.0 Å². The van der Waals surface area contributed by atoms with E-state index in [2.05, 4.69) is 25.0 Å². The Morgan fingerprint density at radius 3 is 2.53 bits per heavy atom. The van der Waals surface area contributed by atoms with Crippen LogP contribution in [-0.4, -0.2) is 33.8 Å². The van der Waals surface area contributed by atoms with Crippen LogP contribution in [0.25, 0.3) is 11.4 Å². The van der Waals surface area contributed by atoms with Gasteiger partial charge in [0.25, 0.3) is 5.91 Å². The Bertz CT molecular complexity index is 1470. The molecular formula is C27H21ClF3N5O2. The number of carbonyl (C=O) groups excluding carboxylic acids is 1. The number of para-hydroxylation sites is 1. The monoisotopic (exact) mass is 539 g/mol. The molecular weight excluding hydrogens is 519 g/mol. The van der Waals surface area contributed by atoms with E-state index in [9.17, 15) is 18.0 Å². The lowest BCUT2D eigenvalue weighted by atomic mass is 9.97. The van der Waals surface area contributed by atoms with Gasteiger partial charge in [-0.05, 0) is 47.3 Å². The molecule has 38 heavy (non-hydrogen) atoms. The molecule has 0 aliphatic carbocycles. The van der Waals surface area contributed by atoms with Gasteiger partial charge in [-0.1, -0.05) is 54.6 Å². The summed E-state index contributed by atoms with van der Waals surface area (Å²) in [6.45, 7) is 1.02. The van der Waals surface area contributed by atoms with Gasteiger partial charge >= 0.3 is 6.36 Å². The van der Waals surface area contributed by atoms with E-state index in [-0.39, 0.29) is 23.1 Å². The molecule has 4 aromatic rings. The zero-order valence-electron chi connectivity index (χ0n) is 19.9. The number of anilines is 1. The van der Waals surface area contributed by atoms with Gasteiger partial charge < -0.3 is 15.0 Å². The fourth-order valence-electron chi connectivity index (χ4n) is 4.21. The zero-order valence-corrected chi connectivity index (χ0v) is 20.6. The number of ether oxygens (including phenoxy) is 1. The molecule has 1 aliphatic rings. The van der Waals surface area contributed by atoms with Crippen molar-refractivity contribution in [1.29, 1.82) is 0 Å². The van der Waals surface area contributed by atoms with Gasteiger partial charge in [0.1, 0.15) is 5.75 Å². The van der Waals surface area contributed by atoms with Crippen LogP contribution in [0.2, 0.25) is 5.28 Å². The quantitative estimate of drug-likeness (QED) is 0.344. The molecule has 0 bridgehead atoms. The van der Waals surface area contributed by atoms with Crippen LogP contribution in [0, 0.1) is 0 Å². The molecule has 11 heteroatoms. The van der Waals surface area contributed by atoms with E-state index in [1.807, 2.05) is 41.3 Å². The lowest BCUT2D eigenvalue weighted by molar-refractivity contribution is -0.274. The zero-order chi connectivity index (χ0) is 26.7. The van der Waals surface area contributed by atoms with E-state index in [0.717, 1.165) is 16.7 Å². The summed E-state index contributed by atoms with van der Waals surface area (Å²) in [5.41, 5.74) is 3.48. The Labute approximate surface area is 221 Å². The molecule has 5 rings (SSSR count). The summed E-state index contributed by atoms with van der Waals surface area (Å²) in [7, 11) is 0. The van der Waals surface area contributed by atoms with Crippen molar-refractivity contribution in [3.05, 3.63) is 100 Å². The average Bonchev–Trinajstić information content (AvgIpc) is 2.91. The van der Waals surface area contributed by atoms with Crippen molar-refractivity contribution >= 4 is 23.5 Å². The molecule has 0 saturated carbocycles. The van der Waals surface area contributed by atoms with Gasteiger partial charge in [0.05, 0.1) is 0 Å². The maximum atomic E-state index is 12.8. The van der Waals surface area contributed by atoms with Gasteiger partial charge in [0.15, 0.2) is 5.82 Å². The molecule has 0 fully saturated rings. The smallest absolute Gasteiger partial charge is 0.405 e. The molecule has 0 radical (unpaired) electrons. The number of fused-ring (bicyclic) bond motifs is 1. The number of benzene rings is 3. The summed E-state index contributed by atoms with van der Waals surface area (Å²) in [4.78, 5) is 27.9. The summed E-state index contributed by atoms with van der Waals surface area (Å²) in [6.07, 6.45) is -4.18. The minimum atomic E-state index is -4.82. The number of amides is 1. The topological polar surface area (TPSA) is 80.2 Å². The number of alkyl halides is 3. The summed E-state index contributed by atoms with van der Waals surface area (Å²) in [5, 5.41) is 2.78. The normalized spacial score (nSPS) is 13.1. The average molecular weight is 540 g/mol. The maximum absolute atomic E-state index is 12.8. The number of nitrogens with zero attached hydrogens (tertiary/aromatic N) is 4. The molecule has 1 N–H and O–H groups in total. The largest absolute Gasteiger partial charge is 0.573 e. The molecule has 1 aliphatic heterocycles. The van der Waals surface area contributed by atoms with Gasteiger partial charge in [-0.2, -0.15) is 15.0 Å². The van der Waals surface area contributed by atoms with Crippen molar-refractivity contribution in [1.82, 2.24) is 20.3 Å². The van der Waals surface area contributed by atoms with Crippen molar-refractivity contribution < 1.29 is 22.7 Å². The van der Waals surface area contributed by atoms with Crippen LogP contribution >= 0.6 is 11.6 Å². The van der Waals surface area contributed by atoms with E-state index in [4.69, 9.17) is 11.6 Å². The fraction of sp³-hybridized carbons (Fsp3) is 0.185. The van der Waals surface area contributed by atoms with E-state index in [1.165, 1.54) is 18.2 Å². The molecule has 0 unspecified atom stereocenters. The van der Waals surface area contributed by atoms with E-state index in [0.29, 0.717) is 36.8 Å². The van der Waals surface area contributed by atoms with E-state index in [1.54, 1.807) is 18.2 Å². The van der Waals surface area contributed by atoms with Crippen molar-refractivity contribution in [2.24, 2.45) is 0 Å². The lowest BCUT2D eigenvalue weighted by Gasteiger charge is -2.29. The number of halogens is 4. The number of nitrogens with one attached hydrogen (secondary N) is 1. The second kappa shape index (κ2) is 10.7. The molecule has 0 saturated heterocycles. The third-order valence-electron chi connectivity index (χ3n) is 6.03. The third kappa shape index (κ3) is 6.03. The van der Waals surface area contributed by atoms with Crippen LogP contribution in [0.15, 0.2) is 72.8 Å². The maximum Gasteiger partial charge on any atom is 0.573 e. The molecule has 7 nitrogen and oxygen atoms in total. The Balaban J connectivity index is 1.27. The highest BCUT2D eigenvalue weighted by Gasteiger charge is 2.32. The molecule has 194 valence electrons. The molecule has 0 atom stereocenters. The van der Waals surface area contributed by atoms with Gasteiger partial charge in [-0.15, -0.1) is 13.2 Å². The van der Waals surface area contributed by atoms with Crippen LogP contribution in [0.4, 0.5) is 19.1 Å². The highest BCUT2D eigenvalue weighted by Crippen LogP contribution is 2.27. The first kappa shape index (κ1) is 25.5. The molecule has 0 spiro atoms. The molecule has 1 aromatic heterocycles. The first-order valence-electron chi connectivity index (χ1n) is 11.7. The highest BCUT2D eigenvalue weighted by molar-refractivity contribution is 6.28. The number of aromatic nitrogens is 3.